The molecule has 72 heavy (non-hydrogen) atoms. The second-order valence-electron chi connectivity index (χ2n) is 16.6. The molecule has 25 heteroatoms. The lowest BCUT2D eigenvalue weighted by Crippen LogP contribution is -2.45. The van der Waals surface area contributed by atoms with E-state index in [-0.39, 0.29) is 102 Å². The maximum atomic E-state index is 12.3. The van der Waals surface area contributed by atoms with Gasteiger partial charge in [-0.05, 0) is 83.8 Å². The average molecular weight is 1040 g/mol. The van der Waals surface area contributed by atoms with Gasteiger partial charge in [0.05, 0.1) is 24.9 Å². The van der Waals surface area contributed by atoms with Crippen molar-refractivity contribution in [3.63, 3.8) is 0 Å². The number of nitrogens with two attached hydrogens (primary N) is 1. The van der Waals surface area contributed by atoms with Crippen LogP contribution in [0, 0.1) is 12.8 Å². The third kappa shape index (κ3) is 34.9. The zero-order valence-electron chi connectivity index (χ0n) is 41.5. The zero-order chi connectivity index (χ0) is 54.5. The van der Waals surface area contributed by atoms with E-state index in [0.29, 0.717) is 64.0 Å². The van der Waals surface area contributed by atoms with E-state index >= 15 is 0 Å². The Hall–Kier alpha value is -6.34. The van der Waals surface area contributed by atoms with Gasteiger partial charge >= 0.3 is 17.9 Å². The van der Waals surface area contributed by atoms with Crippen molar-refractivity contribution in [3.8, 4) is 0 Å². The monoisotopic (exact) mass is 1040 g/mol. The van der Waals surface area contributed by atoms with Gasteiger partial charge in [0.1, 0.15) is 30.3 Å². The number of sulfonamides is 1. The van der Waals surface area contributed by atoms with Crippen molar-refractivity contribution in [3.05, 3.63) is 35.4 Å². The Labute approximate surface area is 420 Å². The Morgan fingerprint density at radius 3 is 1.86 bits per heavy atom. The van der Waals surface area contributed by atoms with Crippen LogP contribution in [0.1, 0.15) is 139 Å². The summed E-state index contributed by atoms with van der Waals surface area (Å²) in [6.45, 7) is 7.35. The number of nitrogens with one attached hydrogen (secondary N) is 5. The molecule has 24 nitrogen and oxygen atoms in total. The summed E-state index contributed by atoms with van der Waals surface area (Å²) in [6.07, 6.45) is 0.868. The minimum Gasteiger partial charge on any atom is -0.481 e. The van der Waals surface area contributed by atoms with Gasteiger partial charge in [0, 0.05) is 76.6 Å². The zero-order valence-corrected chi connectivity index (χ0v) is 42.3. The normalized spacial score (nSPS) is 12.1. The van der Waals surface area contributed by atoms with Gasteiger partial charge in [-0.3, -0.25) is 52.7 Å². The summed E-state index contributed by atoms with van der Waals surface area (Å²) in [5.74, 6) is -9.14. The second-order valence-corrected chi connectivity index (χ2v) is 18.5. The van der Waals surface area contributed by atoms with Crippen molar-refractivity contribution in [1.29, 1.82) is 0 Å². The first kappa shape index (κ1) is 65.7. The number of primary amides is 1. The van der Waals surface area contributed by atoms with Gasteiger partial charge < -0.3 is 51.8 Å². The SMILES string of the molecule is CCCC(=O)CC[C@H](NC(=O)CC[C@H](CC(=O)CCCNC(=O)CCCS(=O)(=O)NC(=O)CCCC(=O)O)C(=O)O)C(=O)O.CCOCCOCC(=O)N[C@@H](CCCCNC(=O)c1ccc(C)cc1)C(N)=O. The molecule has 0 heterocycles. The van der Waals surface area contributed by atoms with Gasteiger partial charge in [0.15, 0.2) is 0 Å². The molecule has 3 atom stereocenters. The summed E-state index contributed by atoms with van der Waals surface area (Å²) in [4.78, 5) is 128. The quantitative estimate of drug-likeness (QED) is 0.0420. The number of carboxylic acid groups (broad SMARTS) is 3. The molecule has 1 aromatic carbocycles. The number of ether oxygens (including phenoxy) is 2. The van der Waals surface area contributed by atoms with Gasteiger partial charge in [0.2, 0.25) is 39.6 Å². The molecule has 0 fully saturated rings. The Morgan fingerprint density at radius 1 is 0.611 bits per heavy atom. The van der Waals surface area contributed by atoms with E-state index in [1.807, 2.05) is 32.9 Å². The van der Waals surface area contributed by atoms with E-state index in [0.717, 1.165) is 5.56 Å². The number of hydrogen-bond acceptors (Lipinski definition) is 15. The number of ketones is 2. The van der Waals surface area contributed by atoms with Gasteiger partial charge in [-0.1, -0.05) is 24.6 Å². The number of carbonyl (C=O) groups is 11. The summed E-state index contributed by atoms with van der Waals surface area (Å²) < 4.78 is 35.9. The summed E-state index contributed by atoms with van der Waals surface area (Å²) in [5, 5.41) is 37.4. The van der Waals surface area contributed by atoms with Crippen molar-refractivity contribution in [1.82, 2.24) is 26.0 Å². The first-order chi connectivity index (χ1) is 34.0. The fraction of sp³-hybridized carbons (Fsp3) is 0.638. The number of aryl methyl sites for hydroxylation is 1. The van der Waals surface area contributed by atoms with Crippen LogP contribution in [-0.4, -0.2) is 146 Å². The lowest BCUT2D eigenvalue weighted by molar-refractivity contribution is -0.145. The highest BCUT2D eigenvalue weighted by Gasteiger charge is 2.25. The molecule has 6 amide bonds. The molecule has 10 N–H and O–H groups in total. The van der Waals surface area contributed by atoms with Crippen LogP contribution < -0.4 is 31.7 Å². The van der Waals surface area contributed by atoms with E-state index in [1.165, 1.54) is 0 Å². The van der Waals surface area contributed by atoms with Crippen LogP contribution >= 0.6 is 0 Å². The summed E-state index contributed by atoms with van der Waals surface area (Å²) in [6, 6.07) is 5.27. The molecule has 0 unspecified atom stereocenters. The predicted molar refractivity (Wildman–Crippen MR) is 259 cm³/mol. The van der Waals surface area contributed by atoms with Crippen LogP contribution in [0.3, 0.4) is 0 Å². The fourth-order valence-electron chi connectivity index (χ4n) is 6.36. The molecule has 406 valence electrons. The highest BCUT2D eigenvalue weighted by atomic mass is 32.2. The number of hydrogen-bond donors (Lipinski definition) is 9. The molecule has 0 bridgehead atoms. The topological polar surface area (TPSA) is 387 Å². The Bertz CT molecular complexity index is 2030. The summed E-state index contributed by atoms with van der Waals surface area (Å²) >= 11 is 0. The van der Waals surface area contributed by atoms with Gasteiger partial charge in [0.25, 0.3) is 5.91 Å². The summed E-state index contributed by atoms with van der Waals surface area (Å²) in [5.41, 5.74) is 7.05. The number of carbonyl (C=O) groups excluding carboxylic acids is 8. The maximum Gasteiger partial charge on any atom is 0.326 e. The molecule has 0 spiro atoms. The van der Waals surface area contributed by atoms with E-state index in [1.54, 1.807) is 16.9 Å². The minimum absolute atomic E-state index is 0.0157. The van der Waals surface area contributed by atoms with Crippen LogP contribution in [0.25, 0.3) is 0 Å². The van der Waals surface area contributed by atoms with Crippen molar-refractivity contribution in [2.75, 3.05) is 45.3 Å². The van der Waals surface area contributed by atoms with Gasteiger partial charge in [-0.15, -0.1) is 0 Å². The summed E-state index contributed by atoms with van der Waals surface area (Å²) in [7, 11) is -3.99. The number of benzene rings is 1. The van der Waals surface area contributed by atoms with E-state index in [9.17, 15) is 71.4 Å². The molecular weight excluding hydrogens is 969 g/mol. The third-order valence-corrected chi connectivity index (χ3v) is 11.6. The lowest BCUT2D eigenvalue weighted by Gasteiger charge is -2.16. The third-order valence-electron chi connectivity index (χ3n) is 10.3. The number of unbranched alkanes of at least 4 members (excludes halogenated alkanes) is 1. The molecule has 0 saturated heterocycles. The Morgan fingerprint density at radius 2 is 1.25 bits per heavy atom. The van der Waals surface area contributed by atoms with Crippen LogP contribution in [0.2, 0.25) is 0 Å². The van der Waals surface area contributed by atoms with Gasteiger partial charge in [-0.2, -0.15) is 0 Å². The van der Waals surface area contributed by atoms with Crippen LogP contribution in [0.15, 0.2) is 24.3 Å². The highest BCUT2D eigenvalue weighted by molar-refractivity contribution is 7.90. The predicted octanol–water partition coefficient (Wildman–Crippen LogP) is 1.44. The van der Waals surface area contributed by atoms with Crippen molar-refractivity contribution >= 4 is 74.9 Å². The van der Waals surface area contributed by atoms with Crippen molar-refractivity contribution in [2.24, 2.45) is 11.7 Å². The Kier molecular flexibility index (Phi) is 35.0. The number of carboxylic acids is 3. The molecule has 0 aliphatic heterocycles. The number of amides is 6. The first-order valence-corrected chi connectivity index (χ1v) is 25.5. The van der Waals surface area contributed by atoms with Crippen LogP contribution in [0.4, 0.5) is 0 Å². The molecule has 1 rings (SSSR count). The van der Waals surface area contributed by atoms with E-state index < -0.39 is 87.0 Å². The molecule has 1 aromatic rings. The van der Waals surface area contributed by atoms with Crippen LogP contribution in [0.5, 0.6) is 0 Å². The Balaban J connectivity index is 0.00000154. The molecule has 0 saturated carbocycles. The highest BCUT2D eigenvalue weighted by Crippen LogP contribution is 2.15. The molecule has 0 aromatic heterocycles. The number of aliphatic carboxylic acids is 3. The molecule has 0 aliphatic rings. The largest absolute Gasteiger partial charge is 0.481 e. The molecule has 0 aliphatic carbocycles. The maximum absolute atomic E-state index is 12.3. The first-order valence-electron chi connectivity index (χ1n) is 23.9. The van der Waals surface area contributed by atoms with Gasteiger partial charge in [-0.25, -0.2) is 13.2 Å². The standard InChI is InChI=1S/C27H43N3O13S.C20H31N3O5/c1-2-6-19(31)12-13-21(27(40)41)29-23(34)14-11-18(26(38)39)17-20(32)7-4-15-28-22(33)9-5-16-44(42,43)30-24(35)8-3-10-25(36)37;1-3-27-12-13-28-14-18(24)23-17(19(21)25)6-4-5-11-22-20(26)16-9-7-15(2)8-10-16/h18,21H,2-17H2,1H3,(H,28,33)(H,29,34)(H,30,35)(H,36,37)(H,38,39)(H,40,41);7-10,17H,3-6,11-14H2,1-2H3,(H2,21,25)(H,22,26)(H,23,24)/t18-,21+;17-/m10/s1. The number of rotatable bonds is 40. The van der Waals surface area contributed by atoms with Crippen molar-refractivity contribution < 1.29 is 86.0 Å². The number of Topliss-reactive ketones (excluding diaryl/α,β-unsaturated/α-hetero) is 2. The average Bonchev–Trinajstić information content (AvgIpc) is 3.29. The van der Waals surface area contributed by atoms with Crippen molar-refractivity contribution in [2.45, 2.75) is 142 Å². The minimum atomic E-state index is -3.99. The van der Waals surface area contributed by atoms with E-state index in [2.05, 4.69) is 21.3 Å². The smallest absolute Gasteiger partial charge is 0.326 e. The van der Waals surface area contributed by atoms with Crippen LogP contribution in [-0.2, 0) is 67.4 Å². The lowest BCUT2D eigenvalue weighted by atomic mass is 9.95. The molecular formula is C47H74N6O18S. The fourth-order valence-corrected chi connectivity index (χ4v) is 7.43. The van der Waals surface area contributed by atoms with E-state index in [4.69, 9.17) is 20.3 Å². The molecule has 0 radical (unpaired) electrons. The second kappa shape index (κ2) is 38.4.